The molecule has 0 bridgehead atoms. The third-order valence-electron chi connectivity index (χ3n) is 5.58. The molecular weight excluding hydrogens is 407 g/mol. The van der Waals surface area contributed by atoms with E-state index in [0.717, 1.165) is 11.1 Å². The van der Waals surface area contributed by atoms with E-state index in [-0.39, 0.29) is 5.41 Å². The van der Waals surface area contributed by atoms with E-state index in [2.05, 4.69) is 32.2 Å². The number of benzene rings is 2. The van der Waals surface area contributed by atoms with E-state index in [9.17, 15) is 15.2 Å². The highest BCUT2D eigenvalue weighted by atomic mass is 35.5. The Balaban J connectivity index is 2.27. The van der Waals surface area contributed by atoms with E-state index in [1.165, 1.54) is 0 Å². The molecule has 1 fully saturated rings. The average Bonchev–Trinajstić information content (AvgIpc) is 2.96. The number of rotatable bonds is 4. The van der Waals surface area contributed by atoms with Crippen molar-refractivity contribution >= 4 is 29.2 Å². The summed E-state index contributed by atoms with van der Waals surface area (Å²) in [5, 5.41) is 24.9. The van der Waals surface area contributed by atoms with Crippen LogP contribution in [0.25, 0.3) is 0 Å². The zero-order chi connectivity index (χ0) is 21.4. The topological polar surface area (TPSA) is 73.1 Å². The molecule has 2 N–H and O–H groups in total. The van der Waals surface area contributed by atoms with Crippen LogP contribution in [0.2, 0.25) is 10.0 Å². The van der Waals surface area contributed by atoms with Crippen LogP contribution in [0.15, 0.2) is 48.5 Å². The Morgan fingerprint density at radius 3 is 2.34 bits per heavy atom. The monoisotopic (exact) mass is 430 g/mol. The van der Waals surface area contributed by atoms with Gasteiger partial charge in [-0.15, -0.1) is 0 Å². The lowest BCUT2D eigenvalue weighted by Gasteiger charge is -2.37. The molecule has 4 nitrogen and oxygen atoms in total. The lowest BCUT2D eigenvalue weighted by atomic mass is 9.62. The summed E-state index contributed by atoms with van der Waals surface area (Å²) in [7, 11) is 0. The molecule has 4 atom stereocenters. The average molecular weight is 431 g/mol. The number of nitriles is 1. The lowest BCUT2D eigenvalue weighted by Crippen LogP contribution is -2.41. The summed E-state index contributed by atoms with van der Waals surface area (Å²) < 4.78 is 0. The predicted octanol–water partition coefficient (Wildman–Crippen LogP) is 5.60. The minimum absolute atomic E-state index is 0.169. The molecular formula is C23H24Cl2N2O2. The van der Waals surface area contributed by atoms with Gasteiger partial charge in [0, 0.05) is 16.0 Å². The summed E-state index contributed by atoms with van der Waals surface area (Å²) in [6.45, 7) is 6.17. The number of carbonyl (C=O) groups is 1. The normalized spacial score (nSPS) is 26.8. The smallest absolute Gasteiger partial charge is 0.321 e. The van der Waals surface area contributed by atoms with Crippen LogP contribution in [0.3, 0.4) is 0 Å². The first-order valence-electron chi connectivity index (χ1n) is 9.50. The van der Waals surface area contributed by atoms with E-state index in [4.69, 9.17) is 23.2 Å². The van der Waals surface area contributed by atoms with E-state index in [0.29, 0.717) is 16.5 Å². The molecule has 2 aromatic rings. The van der Waals surface area contributed by atoms with Gasteiger partial charge in [0.2, 0.25) is 0 Å². The van der Waals surface area contributed by atoms with Crippen LogP contribution < -0.4 is 5.32 Å². The van der Waals surface area contributed by atoms with Gasteiger partial charge in [0.05, 0.1) is 12.1 Å². The molecule has 0 saturated carbocycles. The van der Waals surface area contributed by atoms with Gasteiger partial charge in [-0.1, -0.05) is 68.2 Å². The number of carboxylic acid groups (broad SMARTS) is 1. The Kier molecular flexibility index (Phi) is 5.96. The first kappa shape index (κ1) is 21.6. The van der Waals surface area contributed by atoms with Crippen LogP contribution in [0.4, 0.5) is 0 Å². The van der Waals surface area contributed by atoms with Crippen LogP contribution in [0, 0.1) is 22.7 Å². The molecule has 1 aliphatic rings. The maximum Gasteiger partial charge on any atom is 0.321 e. The highest BCUT2D eigenvalue weighted by Gasteiger charge is 2.59. The molecule has 2 aromatic carbocycles. The molecule has 0 spiro atoms. The van der Waals surface area contributed by atoms with E-state index in [1.54, 1.807) is 24.3 Å². The first-order chi connectivity index (χ1) is 13.6. The molecule has 152 valence electrons. The Morgan fingerprint density at radius 2 is 1.83 bits per heavy atom. The van der Waals surface area contributed by atoms with Gasteiger partial charge in [0.15, 0.2) is 0 Å². The zero-order valence-electron chi connectivity index (χ0n) is 16.6. The second kappa shape index (κ2) is 7.99. The van der Waals surface area contributed by atoms with Gasteiger partial charge in [0.25, 0.3) is 0 Å². The van der Waals surface area contributed by atoms with Crippen LogP contribution in [0.1, 0.15) is 44.4 Å². The molecule has 1 unspecified atom stereocenters. The van der Waals surface area contributed by atoms with E-state index >= 15 is 0 Å². The van der Waals surface area contributed by atoms with Gasteiger partial charge in [-0.25, -0.2) is 0 Å². The minimum Gasteiger partial charge on any atom is -0.480 e. The van der Waals surface area contributed by atoms with Gasteiger partial charge in [0.1, 0.15) is 11.5 Å². The van der Waals surface area contributed by atoms with Crippen molar-refractivity contribution in [3.05, 3.63) is 69.7 Å². The van der Waals surface area contributed by atoms with Gasteiger partial charge < -0.3 is 5.11 Å². The van der Waals surface area contributed by atoms with Gasteiger partial charge in [-0.2, -0.15) is 5.26 Å². The maximum atomic E-state index is 12.2. The molecule has 0 amide bonds. The number of halogens is 2. The summed E-state index contributed by atoms with van der Waals surface area (Å²) in [5.41, 5.74) is 0.278. The number of aliphatic carboxylic acids is 1. The van der Waals surface area contributed by atoms with Crippen molar-refractivity contribution in [1.82, 2.24) is 5.32 Å². The Hall–Kier alpha value is -2.06. The maximum absolute atomic E-state index is 12.2. The zero-order valence-corrected chi connectivity index (χ0v) is 18.1. The van der Waals surface area contributed by atoms with Crippen molar-refractivity contribution < 1.29 is 9.90 Å². The summed E-state index contributed by atoms with van der Waals surface area (Å²) in [6, 6.07) is 15.5. The van der Waals surface area contributed by atoms with Crippen molar-refractivity contribution in [3.63, 3.8) is 0 Å². The minimum atomic E-state index is -1.09. The largest absolute Gasteiger partial charge is 0.480 e. The molecule has 0 radical (unpaired) electrons. The Bertz CT molecular complexity index is 947. The van der Waals surface area contributed by atoms with Crippen LogP contribution in [-0.4, -0.2) is 17.1 Å². The van der Waals surface area contributed by atoms with E-state index < -0.39 is 29.4 Å². The highest BCUT2D eigenvalue weighted by Crippen LogP contribution is 2.53. The summed E-state index contributed by atoms with van der Waals surface area (Å²) in [4.78, 5) is 12.2. The third-order valence-corrected chi connectivity index (χ3v) is 6.06. The lowest BCUT2D eigenvalue weighted by molar-refractivity contribution is -0.140. The van der Waals surface area contributed by atoms with Gasteiger partial charge in [-0.3, -0.25) is 10.1 Å². The number of hydrogen-bond donors (Lipinski definition) is 2. The van der Waals surface area contributed by atoms with Crippen LogP contribution in [-0.2, 0) is 10.2 Å². The first-order valence-corrected chi connectivity index (χ1v) is 10.3. The Labute approximate surface area is 181 Å². The molecule has 0 aliphatic carbocycles. The van der Waals surface area contributed by atoms with Gasteiger partial charge >= 0.3 is 5.97 Å². The molecule has 1 aliphatic heterocycles. The van der Waals surface area contributed by atoms with Crippen molar-refractivity contribution in [2.45, 2.75) is 44.7 Å². The number of carboxylic acids is 1. The second-order valence-corrected chi connectivity index (χ2v) is 9.70. The molecule has 6 heteroatoms. The molecule has 29 heavy (non-hydrogen) atoms. The fourth-order valence-corrected chi connectivity index (χ4v) is 4.77. The van der Waals surface area contributed by atoms with Crippen molar-refractivity contribution in [2.24, 2.45) is 11.3 Å². The summed E-state index contributed by atoms with van der Waals surface area (Å²) in [6.07, 6.45) is 0.560. The van der Waals surface area contributed by atoms with Crippen molar-refractivity contribution in [3.8, 4) is 6.07 Å². The molecule has 1 heterocycles. The summed E-state index contributed by atoms with van der Waals surface area (Å²) in [5.74, 6) is -1.41. The van der Waals surface area contributed by atoms with Crippen LogP contribution >= 0.6 is 23.2 Å². The highest BCUT2D eigenvalue weighted by molar-refractivity contribution is 6.30. The third kappa shape index (κ3) is 4.14. The quantitative estimate of drug-likeness (QED) is 0.661. The van der Waals surface area contributed by atoms with Gasteiger partial charge in [-0.05, 0) is 47.2 Å². The number of nitrogens with one attached hydrogen (secondary N) is 1. The van der Waals surface area contributed by atoms with Crippen LogP contribution in [0.5, 0.6) is 0 Å². The molecule has 1 saturated heterocycles. The number of nitrogens with zero attached hydrogens (tertiary/aromatic N) is 1. The summed E-state index contributed by atoms with van der Waals surface area (Å²) >= 11 is 12.3. The number of hydrogen-bond acceptors (Lipinski definition) is 3. The molecule has 0 aromatic heterocycles. The fourth-order valence-electron chi connectivity index (χ4n) is 4.45. The standard InChI is InChI=1S/C23H24Cl2N2O2/c1-22(2,3)12-18-19(21(28)29)27-20(14-5-4-6-17(25)11-14)23(18,13-26)15-7-9-16(24)10-8-15/h4-11,18-20,27H,12H2,1-3H3,(H,28,29)/t18?,19-,20+,23-/m1/s1. The predicted molar refractivity (Wildman–Crippen MR) is 115 cm³/mol. The Morgan fingerprint density at radius 1 is 1.17 bits per heavy atom. The SMILES string of the molecule is CC(C)(C)CC1[C@H](C(=O)O)N[C@@H](c2cccc(Cl)c2)[C@]1(C#N)c1ccc(Cl)cc1. The van der Waals surface area contributed by atoms with Crippen molar-refractivity contribution in [2.75, 3.05) is 0 Å². The second-order valence-electron chi connectivity index (χ2n) is 8.83. The fraction of sp³-hybridized carbons (Fsp3) is 0.391. The van der Waals surface area contributed by atoms with E-state index in [1.807, 2.05) is 24.3 Å². The molecule has 3 rings (SSSR count). The van der Waals surface area contributed by atoms with Crippen molar-refractivity contribution in [1.29, 1.82) is 5.26 Å².